The van der Waals surface area contributed by atoms with Gasteiger partial charge in [-0.2, -0.15) is 5.10 Å². The first-order chi connectivity index (χ1) is 11.5. The van der Waals surface area contributed by atoms with Crippen molar-refractivity contribution in [3.05, 3.63) is 53.3 Å². The second-order valence-electron chi connectivity index (χ2n) is 6.37. The van der Waals surface area contributed by atoms with Gasteiger partial charge in [-0.15, -0.1) is 24.0 Å². The first-order valence-corrected chi connectivity index (χ1v) is 8.57. The predicted molar refractivity (Wildman–Crippen MR) is 116 cm³/mol. The van der Waals surface area contributed by atoms with E-state index in [1.165, 1.54) is 5.56 Å². The normalized spacial score (nSPS) is 11.8. The minimum Gasteiger partial charge on any atom is -0.356 e. The van der Waals surface area contributed by atoms with Gasteiger partial charge in [-0.25, -0.2) is 0 Å². The predicted octanol–water partition coefficient (Wildman–Crippen LogP) is 3.69. The van der Waals surface area contributed by atoms with E-state index in [9.17, 15) is 0 Å². The number of aromatic nitrogens is 2. The second kappa shape index (κ2) is 10.7. The van der Waals surface area contributed by atoms with E-state index in [2.05, 4.69) is 46.7 Å². The van der Waals surface area contributed by atoms with Gasteiger partial charge in [-0.05, 0) is 30.2 Å². The standard InChI is InChI=1S/C18H26ClN5.HI/c1-18(2,15-6-8-16(19)9-7-15)14-22-17(20-3)21-10-4-12-24-13-5-11-23-24;/h5-9,11,13H,4,10,12,14H2,1-3H3,(H2,20,21,22);1H. The number of hydrogen-bond donors (Lipinski definition) is 2. The fourth-order valence-electron chi connectivity index (χ4n) is 2.41. The van der Waals surface area contributed by atoms with E-state index in [0.717, 1.165) is 37.0 Å². The summed E-state index contributed by atoms with van der Waals surface area (Å²) in [5, 5.41) is 11.7. The summed E-state index contributed by atoms with van der Waals surface area (Å²) < 4.78 is 1.93. The highest BCUT2D eigenvalue weighted by Crippen LogP contribution is 2.23. The Balaban J connectivity index is 0.00000312. The number of halogens is 2. The van der Waals surface area contributed by atoms with Crippen molar-refractivity contribution < 1.29 is 0 Å². The van der Waals surface area contributed by atoms with Gasteiger partial charge >= 0.3 is 0 Å². The molecule has 2 N–H and O–H groups in total. The molecule has 0 unspecified atom stereocenters. The topological polar surface area (TPSA) is 54.2 Å². The van der Waals surface area contributed by atoms with Crippen molar-refractivity contribution in [2.45, 2.75) is 32.2 Å². The molecule has 0 saturated heterocycles. The van der Waals surface area contributed by atoms with E-state index in [1.807, 2.05) is 29.1 Å². The Labute approximate surface area is 172 Å². The summed E-state index contributed by atoms with van der Waals surface area (Å²) in [5.74, 6) is 0.817. The molecule has 2 aromatic rings. The highest BCUT2D eigenvalue weighted by molar-refractivity contribution is 14.0. The quantitative estimate of drug-likeness (QED) is 0.278. The molecular weight excluding hydrogens is 449 g/mol. The fraction of sp³-hybridized carbons (Fsp3) is 0.444. The van der Waals surface area contributed by atoms with Crippen LogP contribution in [0, 0.1) is 0 Å². The van der Waals surface area contributed by atoms with Gasteiger partial charge in [0.1, 0.15) is 0 Å². The van der Waals surface area contributed by atoms with Crippen LogP contribution in [0.4, 0.5) is 0 Å². The molecule has 2 rings (SSSR count). The zero-order chi connectivity index (χ0) is 17.4. The Morgan fingerprint density at radius 1 is 1.24 bits per heavy atom. The van der Waals surface area contributed by atoms with E-state index in [-0.39, 0.29) is 29.4 Å². The number of guanidine groups is 1. The summed E-state index contributed by atoms with van der Waals surface area (Å²) in [6.07, 6.45) is 4.76. The smallest absolute Gasteiger partial charge is 0.191 e. The molecule has 0 amide bonds. The van der Waals surface area contributed by atoms with E-state index >= 15 is 0 Å². The fourth-order valence-corrected chi connectivity index (χ4v) is 2.53. The zero-order valence-corrected chi connectivity index (χ0v) is 18.1. The SMILES string of the molecule is CN=C(NCCCn1cccn1)NCC(C)(C)c1ccc(Cl)cc1.I. The molecule has 0 aliphatic rings. The van der Waals surface area contributed by atoms with Crippen molar-refractivity contribution in [1.82, 2.24) is 20.4 Å². The minimum absolute atomic E-state index is 0. The van der Waals surface area contributed by atoms with Crippen LogP contribution in [0.2, 0.25) is 5.02 Å². The van der Waals surface area contributed by atoms with Crippen molar-refractivity contribution >= 4 is 41.5 Å². The molecule has 5 nitrogen and oxygen atoms in total. The van der Waals surface area contributed by atoms with Crippen LogP contribution in [-0.2, 0) is 12.0 Å². The molecule has 0 saturated carbocycles. The maximum atomic E-state index is 5.97. The molecule has 1 aromatic carbocycles. The number of nitrogens with zero attached hydrogens (tertiary/aromatic N) is 3. The lowest BCUT2D eigenvalue weighted by Crippen LogP contribution is -2.43. The molecule has 7 heteroatoms. The number of rotatable bonds is 7. The van der Waals surface area contributed by atoms with Gasteiger partial charge in [0, 0.05) is 49.5 Å². The molecule has 1 aromatic heterocycles. The number of nitrogens with one attached hydrogen (secondary N) is 2. The van der Waals surface area contributed by atoms with Crippen LogP contribution in [0.3, 0.4) is 0 Å². The van der Waals surface area contributed by atoms with E-state index in [4.69, 9.17) is 11.6 Å². The van der Waals surface area contributed by atoms with Gasteiger partial charge in [-0.1, -0.05) is 37.6 Å². The Morgan fingerprint density at radius 2 is 1.96 bits per heavy atom. The summed E-state index contributed by atoms with van der Waals surface area (Å²) >= 11 is 5.97. The van der Waals surface area contributed by atoms with Gasteiger partial charge in [0.15, 0.2) is 5.96 Å². The van der Waals surface area contributed by atoms with Crippen LogP contribution >= 0.6 is 35.6 Å². The van der Waals surface area contributed by atoms with Gasteiger partial charge < -0.3 is 10.6 Å². The van der Waals surface area contributed by atoms with Crippen molar-refractivity contribution in [1.29, 1.82) is 0 Å². The maximum absolute atomic E-state index is 5.97. The van der Waals surface area contributed by atoms with Gasteiger partial charge in [0.2, 0.25) is 0 Å². The summed E-state index contributed by atoms with van der Waals surface area (Å²) in [7, 11) is 1.79. The second-order valence-corrected chi connectivity index (χ2v) is 6.80. The highest BCUT2D eigenvalue weighted by atomic mass is 127. The lowest BCUT2D eigenvalue weighted by Gasteiger charge is -2.27. The third kappa shape index (κ3) is 7.23. The van der Waals surface area contributed by atoms with Crippen LogP contribution < -0.4 is 10.6 Å². The molecule has 25 heavy (non-hydrogen) atoms. The Morgan fingerprint density at radius 3 is 2.56 bits per heavy atom. The summed E-state index contributed by atoms with van der Waals surface area (Å²) in [6, 6.07) is 9.95. The van der Waals surface area contributed by atoms with Gasteiger partial charge in [0.25, 0.3) is 0 Å². The summed E-state index contributed by atoms with van der Waals surface area (Å²) in [4.78, 5) is 4.28. The first kappa shape index (κ1) is 21.8. The third-order valence-electron chi connectivity index (χ3n) is 3.96. The molecule has 138 valence electrons. The minimum atomic E-state index is -0.0166. The molecule has 0 bridgehead atoms. The van der Waals surface area contributed by atoms with Crippen molar-refractivity contribution in [3.63, 3.8) is 0 Å². The molecule has 0 radical (unpaired) electrons. The van der Waals surface area contributed by atoms with Crippen LogP contribution in [0.5, 0.6) is 0 Å². The molecule has 0 atom stereocenters. The Kier molecular flexibility index (Phi) is 9.27. The first-order valence-electron chi connectivity index (χ1n) is 8.19. The largest absolute Gasteiger partial charge is 0.356 e. The number of aliphatic imine (C=N–C) groups is 1. The highest BCUT2D eigenvalue weighted by Gasteiger charge is 2.20. The lowest BCUT2D eigenvalue weighted by molar-refractivity contribution is 0.506. The number of hydrogen-bond acceptors (Lipinski definition) is 2. The average Bonchev–Trinajstić information content (AvgIpc) is 3.08. The lowest BCUT2D eigenvalue weighted by atomic mass is 9.85. The monoisotopic (exact) mass is 475 g/mol. The van der Waals surface area contributed by atoms with Crippen LogP contribution in [0.15, 0.2) is 47.7 Å². The van der Waals surface area contributed by atoms with Crippen molar-refractivity contribution in [3.8, 4) is 0 Å². The number of benzene rings is 1. The van der Waals surface area contributed by atoms with Gasteiger partial charge in [-0.3, -0.25) is 9.67 Å². The summed E-state index contributed by atoms with van der Waals surface area (Å²) in [5.41, 5.74) is 1.23. The van der Waals surface area contributed by atoms with E-state index in [1.54, 1.807) is 13.2 Å². The van der Waals surface area contributed by atoms with Crippen LogP contribution in [0.25, 0.3) is 0 Å². The maximum Gasteiger partial charge on any atom is 0.191 e. The molecule has 0 fully saturated rings. The van der Waals surface area contributed by atoms with Gasteiger partial charge in [0.05, 0.1) is 0 Å². The van der Waals surface area contributed by atoms with Crippen molar-refractivity contribution in [2.24, 2.45) is 4.99 Å². The number of aryl methyl sites for hydroxylation is 1. The Hall–Kier alpha value is -1.28. The summed E-state index contributed by atoms with van der Waals surface area (Å²) in [6.45, 7) is 6.93. The van der Waals surface area contributed by atoms with Crippen molar-refractivity contribution in [2.75, 3.05) is 20.1 Å². The van der Waals surface area contributed by atoms with E-state index in [0.29, 0.717) is 0 Å². The molecule has 0 spiro atoms. The average molecular weight is 476 g/mol. The molecule has 0 aliphatic heterocycles. The molecular formula is C18H27ClIN5. The van der Waals surface area contributed by atoms with Crippen LogP contribution in [-0.4, -0.2) is 35.9 Å². The van der Waals surface area contributed by atoms with Crippen LogP contribution in [0.1, 0.15) is 25.8 Å². The molecule has 1 heterocycles. The van der Waals surface area contributed by atoms with E-state index < -0.39 is 0 Å². The third-order valence-corrected chi connectivity index (χ3v) is 4.21. The molecule has 0 aliphatic carbocycles. The zero-order valence-electron chi connectivity index (χ0n) is 15.0. The Bertz CT molecular complexity index is 638.